The summed E-state index contributed by atoms with van der Waals surface area (Å²) in [5.74, 6) is 2.70. The zero-order chi connectivity index (χ0) is 20.3. The molecule has 3 aromatic rings. The Morgan fingerprint density at radius 2 is 2.04 bits per heavy atom. The van der Waals surface area contributed by atoms with Gasteiger partial charge in [-0.1, -0.05) is 26.6 Å². The summed E-state index contributed by atoms with van der Waals surface area (Å²) < 4.78 is 46.2. The highest BCUT2D eigenvalue weighted by Crippen LogP contribution is 2.31. The molecule has 0 amide bonds. The van der Waals surface area contributed by atoms with Gasteiger partial charge in [0.2, 0.25) is 0 Å². The molecule has 0 aliphatic carbocycles. The largest absolute Gasteiger partial charge is 0.496 e. The zero-order valence-corrected chi connectivity index (χ0v) is 17.0. The van der Waals surface area contributed by atoms with Crippen molar-refractivity contribution in [3.63, 3.8) is 0 Å². The number of nitrogens with two attached hydrogens (primary N) is 1. The standard InChI is InChI=1S/C18H20F3N4OS2/c1-11-15(10-28-27-8-6-22)25(7-5-16(11)26-2)17-23-13-4-3-12(18(19,20)21)9-14(13)24-17/h3-5,7,9H,6,8,10,22H2,1-2H3,(H,23,24)/q+1. The van der Waals surface area contributed by atoms with Gasteiger partial charge in [-0.25, -0.2) is 9.55 Å². The van der Waals surface area contributed by atoms with E-state index >= 15 is 0 Å². The van der Waals surface area contributed by atoms with Gasteiger partial charge in [-0.3, -0.25) is 0 Å². The van der Waals surface area contributed by atoms with Gasteiger partial charge in [-0.15, -0.1) is 0 Å². The maximum atomic E-state index is 13.0. The van der Waals surface area contributed by atoms with E-state index in [1.807, 2.05) is 17.6 Å². The van der Waals surface area contributed by atoms with Gasteiger partial charge in [0, 0.05) is 23.9 Å². The molecule has 0 spiro atoms. The number of pyridine rings is 1. The van der Waals surface area contributed by atoms with Gasteiger partial charge in [-0.05, 0) is 25.1 Å². The monoisotopic (exact) mass is 429 g/mol. The summed E-state index contributed by atoms with van der Waals surface area (Å²) in [6.07, 6.45) is -2.59. The lowest BCUT2D eigenvalue weighted by Crippen LogP contribution is -2.37. The molecule has 1 aromatic carbocycles. The number of aromatic amines is 1. The number of benzene rings is 1. The van der Waals surface area contributed by atoms with Crippen LogP contribution in [0.3, 0.4) is 0 Å². The lowest BCUT2D eigenvalue weighted by Gasteiger charge is -2.12. The Balaban J connectivity index is 2.03. The SMILES string of the molecule is COc1cc[n+](-c2nc3ccc(C(F)(F)F)cc3[nH]2)c(CSSCCN)c1C. The minimum Gasteiger partial charge on any atom is -0.496 e. The van der Waals surface area contributed by atoms with E-state index in [1.165, 1.54) is 6.07 Å². The van der Waals surface area contributed by atoms with Crippen LogP contribution in [0, 0.1) is 6.92 Å². The molecular weight excluding hydrogens is 409 g/mol. The predicted molar refractivity (Wildman–Crippen MR) is 107 cm³/mol. The normalized spacial score (nSPS) is 11.9. The molecular formula is C18H20F3N4OS2+. The van der Waals surface area contributed by atoms with Crippen LogP contribution >= 0.6 is 21.6 Å². The maximum absolute atomic E-state index is 13.0. The van der Waals surface area contributed by atoms with Crippen molar-refractivity contribution in [2.45, 2.75) is 18.9 Å². The van der Waals surface area contributed by atoms with E-state index in [2.05, 4.69) is 9.97 Å². The molecule has 0 unspecified atom stereocenters. The number of hydrogen-bond donors (Lipinski definition) is 2. The average Bonchev–Trinajstić information content (AvgIpc) is 3.08. The fourth-order valence-electron chi connectivity index (χ4n) is 2.77. The highest BCUT2D eigenvalue weighted by molar-refractivity contribution is 8.76. The molecule has 150 valence electrons. The Kier molecular flexibility index (Phi) is 6.41. The molecule has 28 heavy (non-hydrogen) atoms. The second kappa shape index (κ2) is 8.62. The molecule has 0 aliphatic heterocycles. The smallest absolute Gasteiger partial charge is 0.416 e. The third-order valence-electron chi connectivity index (χ3n) is 4.19. The number of nitrogens with zero attached hydrogens (tertiary/aromatic N) is 2. The van der Waals surface area contributed by atoms with Crippen LogP contribution in [0.2, 0.25) is 0 Å². The predicted octanol–water partition coefficient (Wildman–Crippen LogP) is 4.02. The number of rotatable bonds is 7. The lowest BCUT2D eigenvalue weighted by molar-refractivity contribution is -0.610. The molecule has 5 nitrogen and oxygen atoms in total. The highest BCUT2D eigenvalue weighted by atomic mass is 33.1. The first kappa shape index (κ1) is 20.8. The number of ether oxygens (including phenoxy) is 1. The average molecular weight is 430 g/mol. The summed E-state index contributed by atoms with van der Waals surface area (Å²) in [6.45, 7) is 2.54. The number of methoxy groups -OCH3 is 1. The number of halogens is 3. The van der Waals surface area contributed by atoms with Crippen molar-refractivity contribution in [1.29, 1.82) is 0 Å². The van der Waals surface area contributed by atoms with E-state index in [-0.39, 0.29) is 0 Å². The van der Waals surface area contributed by atoms with Crippen LogP contribution in [0.5, 0.6) is 5.75 Å². The number of nitrogens with one attached hydrogen (secondary N) is 1. The molecule has 0 aliphatic rings. The fourth-order valence-corrected chi connectivity index (χ4v) is 4.76. The molecule has 0 bridgehead atoms. The molecule has 0 radical (unpaired) electrons. The first-order valence-corrected chi connectivity index (χ1v) is 10.9. The van der Waals surface area contributed by atoms with Gasteiger partial charge in [-0.2, -0.15) is 13.2 Å². The van der Waals surface area contributed by atoms with Gasteiger partial charge in [0.1, 0.15) is 17.0 Å². The number of aromatic nitrogens is 3. The Morgan fingerprint density at radius 3 is 2.71 bits per heavy atom. The third kappa shape index (κ3) is 4.39. The lowest BCUT2D eigenvalue weighted by atomic mass is 10.2. The molecule has 2 heterocycles. The van der Waals surface area contributed by atoms with Crippen LogP contribution in [0.1, 0.15) is 16.8 Å². The van der Waals surface area contributed by atoms with Crippen molar-refractivity contribution in [3.05, 3.63) is 47.3 Å². The highest BCUT2D eigenvalue weighted by Gasteiger charge is 2.31. The van der Waals surface area contributed by atoms with Gasteiger partial charge in [0.05, 0.1) is 24.6 Å². The molecule has 0 atom stereocenters. The van der Waals surface area contributed by atoms with Crippen LogP contribution in [-0.4, -0.2) is 29.4 Å². The van der Waals surface area contributed by atoms with Gasteiger partial charge < -0.3 is 10.5 Å². The number of hydrogen-bond acceptors (Lipinski definition) is 5. The molecule has 3 N–H and O–H groups in total. The van der Waals surface area contributed by atoms with Crippen molar-refractivity contribution in [3.8, 4) is 11.7 Å². The topological polar surface area (TPSA) is 67.8 Å². The summed E-state index contributed by atoms with van der Waals surface area (Å²) in [5.41, 5.74) is 7.53. The van der Waals surface area contributed by atoms with Crippen molar-refractivity contribution in [2.24, 2.45) is 5.73 Å². The van der Waals surface area contributed by atoms with E-state index in [4.69, 9.17) is 10.5 Å². The van der Waals surface area contributed by atoms with Crippen LogP contribution in [0.15, 0.2) is 30.5 Å². The van der Waals surface area contributed by atoms with Crippen molar-refractivity contribution < 1.29 is 22.5 Å². The molecule has 2 aromatic heterocycles. The van der Waals surface area contributed by atoms with Crippen LogP contribution in [-0.2, 0) is 11.9 Å². The fraction of sp³-hybridized carbons (Fsp3) is 0.333. The van der Waals surface area contributed by atoms with E-state index in [1.54, 1.807) is 34.9 Å². The maximum Gasteiger partial charge on any atom is 0.416 e. The van der Waals surface area contributed by atoms with Crippen LogP contribution < -0.4 is 15.0 Å². The molecule has 0 fully saturated rings. The first-order chi connectivity index (χ1) is 13.3. The summed E-state index contributed by atoms with van der Waals surface area (Å²) in [6, 6.07) is 5.30. The van der Waals surface area contributed by atoms with Crippen LogP contribution in [0.25, 0.3) is 17.0 Å². The van der Waals surface area contributed by atoms with Gasteiger partial charge in [0.25, 0.3) is 0 Å². The Morgan fingerprint density at radius 1 is 1.25 bits per heavy atom. The Hall–Kier alpha value is -1.91. The van der Waals surface area contributed by atoms with E-state index in [0.29, 0.717) is 29.3 Å². The van der Waals surface area contributed by atoms with Crippen molar-refractivity contribution >= 4 is 32.6 Å². The van der Waals surface area contributed by atoms with Crippen molar-refractivity contribution in [2.75, 3.05) is 19.4 Å². The zero-order valence-electron chi connectivity index (χ0n) is 15.3. The number of alkyl halides is 3. The molecule has 3 rings (SSSR count). The van der Waals surface area contributed by atoms with Crippen molar-refractivity contribution in [1.82, 2.24) is 9.97 Å². The number of fused-ring (bicyclic) bond motifs is 1. The van der Waals surface area contributed by atoms with E-state index in [9.17, 15) is 13.2 Å². The Bertz CT molecular complexity index is 975. The minimum absolute atomic E-state index is 0.335. The Labute approximate surface area is 168 Å². The quantitative estimate of drug-likeness (QED) is 0.337. The van der Waals surface area contributed by atoms with Gasteiger partial charge >= 0.3 is 12.1 Å². The van der Waals surface area contributed by atoms with E-state index < -0.39 is 11.7 Å². The first-order valence-electron chi connectivity index (χ1n) is 8.45. The second-order valence-electron chi connectivity index (χ2n) is 5.99. The number of imidazole rings is 1. The molecule has 0 saturated heterocycles. The minimum atomic E-state index is -4.40. The summed E-state index contributed by atoms with van der Waals surface area (Å²) in [5, 5.41) is 0. The second-order valence-corrected chi connectivity index (χ2v) is 8.57. The molecule has 10 heteroatoms. The van der Waals surface area contributed by atoms with Gasteiger partial charge in [0.15, 0.2) is 5.52 Å². The number of H-pyrrole nitrogens is 1. The van der Waals surface area contributed by atoms with Crippen LogP contribution in [0.4, 0.5) is 13.2 Å². The molecule has 0 saturated carbocycles. The summed E-state index contributed by atoms with van der Waals surface area (Å²) >= 11 is 0. The summed E-state index contributed by atoms with van der Waals surface area (Å²) in [7, 11) is 4.93. The third-order valence-corrected chi connectivity index (χ3v) is 6.51. The van der Waals surface area contributed by atoms with E-state index in [0.717, 1.165) is 34.9 Å². The summed E-state index contributed by atoms with van der Waals surface area (Å²) in [4.78, 5) is 7.48.